The number of nitrogens with one attached hydrogen (secondary N) is 2. The van der Waals surface area contributed by atoms with Crippen molar-refractivity contribution in [3.8, 4) is 0 Å². The van der Waals surface area contributed by atoms with Crippen LogP contribution in [0.15, 0.2) is 66.9 Å². The highest BCUT2D eigenvalue weighted by Crippen LogP contribution is 2.26. The highest BCUT2D eigenvalue weighted by atomic mass is 16.5. The first-order valence-corrected chi connectivity index (χ1v) is 9.54. The molecule has 146 valence electrons. The molecule has 2 N–H and O–H groups in total. The van der Waals surface area contributed by atoms with Gasteiger partial charge in [0.1, 0.15) is 6.04 Å². The molecule has 1 atom stereocenters. The van der Waals surface area contributed by atoms with E-state index in [0.717, 1.165) is 21.9 Å². The first-order chi connectivity index (χ1) is 14.2. The fraction of sp³-hybridized carbons (Fsp3) is 0.174. The average Bonchev–Trinajstić information content (AvgIpc) is 3.13. The molecule has 2 aromatic heterocycles. The van der Waals surface area contributed by atoms with Crippen LogP contribution < -0.4 is 5.32 Å². The van der Waals surface area contributed by atoms with E-state index in [1.807, 2.05) is 60.7 Å². The van der Waals surface area contributed by atoms with Crippen LogP contribution in [0, 0.1) is 0 Å². The Bertz CT molecular complexity index is 1170. The normalized spacial score (nSPS) is 12.0. The molecular weight excluding hydrogens is 366 g/mol. The second kappa shape index (κ2) is 8.14. The van der Waals surface area contributed by atoms with Crippen molar-refractivity contribution in [3.63, 3.8) is 0 Å². The zero-order valence-corrected chi connectivity index (χ0v) is 16.0. The van der Waals surface area contributed by atoms with E-state index in [1.54, 1.807) is 13.1 Å². The molecule has 29 heavy (non-hydrogen) atoms. The van der Waals surface area contributed by atoms with Crippen molar-refractivity contribution in [1.82, 2.24) is 15.3 Å². The van der Waals surface area contributed by atoms with Gasteiger partial charge in [0.15, 0.2) is 5.69 Å². The SMILES string of the molecule is CCOC(=O)[C@H](Cc1ccccc1)NC(=O)c1nccc2c1[nH]c1ccccc12. The number of benzene rings is 2. The van der Waals surface area contributed by atoms with Crippen molar-refractivity contribution >= 4 is 33.7 Å². The number of aromatic nitrogens is 2. The Morgan fingerprint density at radius 3 is 2.59 bits per heavy atom. The van der Waals surface area contributed by atoms with Gasteiger partial charge in [0, 0.05) is 28.9 Å². The van der Waals surface area contributed by atoms with E-state index in [1.165, 1.54) is 0 Å². The minimum Gasteiger partial charge on any atom is -0.464 e. The summed E-state index contributed by atoms with van der Waals surface area (Å²) in [6.07, 6.45) is 1.95. The van der Waals surface area contributed by atoms with E-state index in [9.17, 15) is 9.59 Å². The topological polar surface area (TPSA) is 84.1 Å². The van der Waals surface area contributed by atoms with Crippen LogP contribution in [0.5, 0.6) is 0 Å². The Labute approximate surface area is 167 Å². The van der Waals surface area contributed by atoms with E-state index in [2.05, 4.69) is 15.3 Å². The Kier molecular flexibility index (Phi) is 5.24. The molecule has 0 spiro atoms. The summed E-state index contributed by atoms with van der Waals surface area (Å²) in [6.45, 7) is 1.99. The molecule has 0 bridgehead atoms. The second-order valence-corrected chi connectivity index (χ2v) is 6.72. The number of hydrogen-bond donors (Lipinski definition) is 2. The van der Waals surface area contributed by atoms with Crippen LogP contribution in [0.3, 0.4) is 0 Å². The maximum absolute atomic E-state index is 13.0. The first-order valence-electron chi connectivity index (χ1n) is 9.54. The lowest BCUT2D eigenvalue weighted by molar-refractivity contribution is -0.145. The van der Waals surface area contributed by atoms with Crippen molar-refractivity contribution in [2.75, 3.05) is 6.61 Å². The number of carbonyl (C=O) groups excluding carboxylic acids is 2. The number of esters is 1. The minimum absolute atomic E-state index is 0.246. The molecule has 2 aromatic carbocycles. The third-order valence-corrected chi connectivity index (χ3v) is 4.80. The number of fused-ring (bicyclic) bond motifs is 3. The molecular formula is C23H21N3O3. The number of amides is 1. The van der Waals surface area contributed by atoms with Crippen molar-refractivity contribution in [2.24, 2.45) is 0 Å². The number of H-pyrrole nitrogens is 1. The summed E-state index contributed by atoms with van der Waals surface area (Å²) in [5.74, 6) is -0.885. The Morgan fingerprint density at radius 1 is 1.03 bits per heavy atom. The van der Waals surface area contributed by atoms with Crippen LogP contribution in [-0.4, -0.2) is 34.5 Å². The summed E-state index contributed by atoms with van der Waals surface area (Å²) >= 11 is 0. The lowest BCUT2D eigenvalue weighted by Gasteiger charge is -2.17. The van der Waals surface area contributed by atoms with Gasteiger partial charge in [-0.1, -0.05) is 48.5 Å². The van der Waals surface area contributed by atoms with Crippen LogP contribution in [0.4, 0.5) is 0 Å². The molecule has 1 amide bonds. The quantitative estimate of drug-likeness (QED) is 0.495. The van der Waals surface area contributed by atoms with Gasteiger partial charge < -0.3 is 15.0 Å². The minimum atomic E-state index is -0.800. The fourth-order valence-electron chi connectivity index (χ4n) is 3.46. The molecule has 0 saturated carbocycles. The van der Waals surface area contributed by atoms with Crippen molar-refractivity contribution in [2.45, 2.75) is 19.4 Å². The zero-order valence-electron chi connectivity index (χ0n) is 16.0. The van der Waals surface area contributed by atoms with Gasteiger partial charge in [0.25, 0.3) is 5.91 Å². The summed E-state index contributed by atoms with van der Waals surface area (Å²) in [6, 6.07) is 18.4. The molecule has 0 radical (unpaired) electrons. The lowest BCUT2D eigenvalue weighted by atomic mass is 10.1. The number of nitrogens with zero attached hydrogens (tertiary/aromatic N) is 1. The predicted molar refractivity (Wildman–Crippen MR) is 112 cm³/mol. The van der Waals surface area contributed by atoms with E-state index in [4.69, 9.17) is 4.74 Å². The van der Waals surface area contributed by atoms with Gasteiger partial charge in [0.2, 0.25) is 0 Å². The smallest absolute Gasteiger partial charge is 0.328 e. The first kappa shape index (κ1) is 18.7. The van der Waals surface area contributed by atoms with Gasteiger partial charge in [-0.3, -0.25) is 4.79 Å². The number of pyridine rings is 1. The predicted octanol–water partition coefficient (Wildman–Crippen LogP) is 3.62. The third kappa shape index (κ3) is 3.82. The Hall–Kier alpha value is -3.67. The monoisotopic (exact) mass is 387 g/mol. The van der Waals surface area contributed by atoms with Crippen LogP contribution in [0.2, 0.25) is 0 Å². The maximum Gasteiger partial charge on any atom is 0.328 e. The Balaban J connectivity index is 1.66. The zero-order chi connectivity index (χ0) is 20.2. The van der Waals surface area contributed by atoms with Crippen molar-refractivity contribution < 1.29 is 14.3 Å². The number of carbonyl (C=O) groups is 2. The van der Waals surface area contributed by atoms with E-state index in [-0.39, 0.29) is 12.3 Å². The van der Waals surface area contributed by atoms with Gasteiger partial charge >= 0.3 is 5.97 Å². The number of para-hydroxylation sites is 1. The molecule has 6 heteroatoms. The van der Waals surface area contributed by atoms with Crippen LogP contribution in [0.25, 0.3) is 21.8 Å². The highest BCUT2D eigenvalue weighted by Gasteiger charge is 2.25. The molecule has 4 rings (SSSR count). The average molecular weight is 387 g/mol. The Morgan fingerprint density at radius 2 is 1.79 bits per heavy atom. The second-order valence-electron chi connectivity index (χ2n) is 6.72. The van der Waals surface area contributed by atoms with Crippen molar-refractivity contribution in [1.29, 1.82) is 0 Å². The van der Waals surface area contributed by atoms with Gasteiger partial charge in [-0.05, 0) is 24.6 Å². The summed E-state index contributed by atoms with van der Waals surface area (Å²) in [5, 5.41) is 4.74. The number of rotatable bonds is 6. The van der Waals surface area contributed by atoms with E-state index >= 15 is 0 Å². The molecule has 0 aliphatic rings. The van der Waals surface area contributed by atoms with E-state index in [0.29, 0.717) is 11.9 Å². The summed E-state index contributed by atoms with van der Waals surface area (Å²) in [5.41, 5.74) is 2.76. The van der Waals surface area contributed by atoms with Gasteiger partial charge in [-0.15, -0.1) is 0 Å². The number of ether oxygens (including phenoxy) is 1. The molecule has 2 heterocycles. The molecule has 6 nitrogen and oxygen atoms in total. The maximum atomic E-state index is 13.0. The van der Waals surface area contributed by atoms with Crippen LogP contribution in [0.1, 0.15) is 23.0 Å². The largest absolute Gasteiger partial charge is 0.464 e. The van der Waals surface area contributed by atoms with Gasteiger partial charge in [-0.2, -0.15) is 0 Å². The molecule has 0 fully saturated rings. The molecule has 0 aliphatic carbocycles. The fourth-order valence-corrected chi connectivity index (χ4v) is 3.46. The summed E-state index contributed by atoms with van der Waals surface area (Å²) < 4.78 is 5.17. The summed E-state index contributed by atoms with van der Waals surface area (Å²) in [7, 11) is 0. The third-order valence-electron chi connectivity index (χ3n) is 4.80. The van der Waals surface area contributed by atoms with Crippen LogP contribution >= 0.6 is 0 Å². The van der Waals surface area contributed by atoms with Crippen molar-refractivity contribution in [3.05, 3.63) is 78.1 Å². The number of aromatic amines is 1. The molecule has 0 unspecified atom stereocenters. The van der Waals surface area contributed by atoms with Gasteiger partial charge in [-0.25, -0.2) is 9.78 Å². The van der Waals surface area contributed by atoms with Crippen LogP contribution in [-0.2, 0) is 16.0 Å². The van der Waals surface area contributed by atoms with Gasteiger partial charge in [0.05, 0.1) is 12.1 Å². The molecule has 0 saturated heterocycles. The molecule has 4 aromatic rings. The number of hydrogen-bond acceptors (Lipinski definition) is 4. The summed E-state index contributed by atoms with van der Waals surface area (Å²) in [4.78, 5) is 33.0. The standard InChI is InChI=1S/C23H21N3O3/c1-2-29-23(28)19(14-15-8-4-3-5-9-15)26-22(27)21-20-17(12-13-24-21)16-10-6-7-11-18(16)25-20/h3-13,19,25H,2,14H2,1H3,(H,26,27)/t19-/m0/s1. The highest BCUT2D eigenvalue weighted by molar-refractivity contribution is 6.14. The van der Waals surface area contributed by atoms with E-state index < -0.39 is 17.9 Å². The lowest BCUT2D eigenvalue weighted by Crippen LogP contribution is -2.43. The molecule has 0 aliphatic heterocycles.